The minimum absolute atomic E-state index is 1.30. The molecule has 0 N–H and O–H groups in total. The predicted molar refractivity (Wildman–Crippen MR) is 94.5 cm³/mol. The molecule has 0 saturated carbocycles. The van der Waals surface area contributed by atoms with Gasteiger partial charge in [0.25, 0.3) is 0 Å². The van der Waals surface area contributed by atoms with E-state index in [4.69, 9.17) is 0 Å². The molecule has 0 nitrogen and oxygen atoms in total. The van der Waals surface area contributed by atoms with Crippen molar-refractivity contribution in [2.24, 2.45) is 0 Å². The molecule has 0 aromatic heterocycles. The second-order valence-electron chi connectivity index (χ2n) is 5.50. The SMILES string of the molecule is CC=CC(C)=C(C)c1cc2ccccc2c2ccccc12. The van der Waals surface area contributed by atoms with Crippen LogP contribution in [0.15, 0.2) is 72.3 Å². The van der Waals surface area contributed by atoms with Crippen LogP contribution in [0.4, 0.5) is 0 Å². The molecule has 104 valence electrons. The Morgan fingerprint density at radius 2 is 1.43 bits per heavy atom. The molecule has 0 aliphatic carbocycles. The third kappa shape index (κ3) is 2.38. The Balaban J connectivity index is 2.44. The second-order valence-corrected chi connectivity index (χ2v) is 5.50. The van der Waals surface area contributed by atoms with Gasteiger partial charge in [-0.2, -0.15) is 0 Å². The van der Waals surface area contributed by atoms with Crippen LogP contribution in [-0.2, 0) is 0 Å². The third-order valence-corrected chi connectivity index (χ3v) is 4.18. The summed E-state index contributed by atoms with van der Waals surface area (Å²) in [5, 5.41) is 5.29. The molecule has 0 heterocycles. The zero-order chi connectivity index (χ0) is 14.8. The molecule has 0 spiro atoms. The van der Waals surface area contributed by atoms with Crippen LogP contribution in [0.5, 0.6) is 0 Å². The molecule has 21 heavy (non-hydrogen) atoms. The van der Waals surface area contributed by atoms with E-state index >= 15 is 0 Å². The first-order chi connectivity index (χ1) is 10.2. The smallest absolute Gasteiger partial charge is 0.00993 e. The highest BCUT2D eigenvalue weighted by Gasteiger charge is 2.08. The fourth-order valence-corrected chi connectivity index (χ4v) is 2.95. The summed E-state index contributed by atoms with van der Waals surface area (Å²) < 4.78 is 0. The maximum absolute atomic E-state index is 2.32. The molecule has 0 saturated heterocycles. The Kier molecular flexibility index (Phi) is 3.62. The van der Waals surface area contributed by atoms with Crippen LogP contribution < -0.4 is 0 Å². The number of allylic oxidation sites excluding steroid dienone is 4. The molecule has 0 amide bonds. The van der Waals surface area contributed by atoms with E-state index in [0.29, 0.717) is 0 Å². The Hall–Kier alpha value is -2.34. The topological polar surface area (TPSA) is 0 Å². The van der Waals surface area contributed by atoms with Gasteiger partial charge in [-0.05, 0) is 65.1 Å². The number of benzene rings is 3. The summed E-state index contributed by atoms with van der Waals surface area (Å²) in [5.41, 5.74) is 3.99. The van der Waals surface area contributed by atoms with Crippen LogP contribution in [0.3, 0.4) is 0 Å². The molecule has 0 heteroatoms. The van der Waals surface area contributed by atoms with E-state index in [0.717, 1.165) is 0 Å². The highest BCUT2D eigenvalue weighted by molar-refractivity contribution is 6.11. The van der Waals surface area contributed by atoms with Crippen LogP contribution in [-0.4, -0.2) is 0 Å². The number of rotatable bonds is 2. The first-order valence-electron chi connectivity index (χ1n) is 7.43. The highest BCUT2D eigenvalue weighted by atomic mass is 14.1. The van der Waals surface area contributed by atoms with E-state index in [1.54, 1.807) is 0 Å². The van der Waals surface area contributed by atoms with Crippen LogP contribution in [0.2, 0.25) is 0 Å². The van der Waals surface area contributed by atoms with Crippen molar-refractivity contribution in [1.82, 2.24) is 0 Å². The number of hydrogen-bond donors (Lipinski definition) is 0. The fourth-order valence-electron chi connectivity index (χ4n) is 2.95. The van der Waals surface area contributed by atoms with Crippen LogP contribution >= 0.6 is 0 Å². The predicted octanol–water partition coefficient (Wildman–Crippen LogP) is 6.36. The van der Waals surface area contributed by atoms with Gasteiger partial charge in [0.05, 0.1) is 0 Å². The maximum Gasteiger partial charge on any atom is -0.00993 e. The Labute approximate surface area is 126 Å². The molecule has 0 aliphatic heterocycles. The zero-order valence-corrected chi connectivity index (χ0v) is 12.9. The molecule has 0 aliphatic rings. The normalized spacial score (nSPS) is 13.1. The van der Waals surface area contributed by atoms with Crippen molar-refractivity contribution in [2.45, 2.75) is 20.8 Å². The Morgan fingerprint density at radius 1 is 0.810 bits per heavy atom. The van der Waals surface area contributed by atoms with Crippen molar-refractivity contribution in [2.75, 3.05) is 0 Å². The van der Waals surface area contributed by atoms with Crippen LogP contribution in [0.25, 0.3) is 27.1 Å². The average molecular weight is 272 g/mol. The van der Waals surface area contributed by atoms with Gasteiger partial charge in [0, 0.05) is 0 Å². The van der Waals surface area contributed by atoms with Gasteiger partial charge in [-0.1, -0.05) is 60.7 Å². The third-order valence-electron chi connectivity index (χ3n) is 4.18. The summed E-state index contributed by atoms with van der Waals surface area (Å²) in [6, 6.07) is 19.6. The van der Waals surface area contributed by atoms with Crippen molar-refractivity contribution < 1.29 is 0 Å². The Morgan fingerprint density at radius 3 is 2.14 bits per heavy atom. The van der Waals surface area contributed by atoms with Crippen molar-refractivity contribution >= 4 is 27.1 Å². The molecule has 3 rings (SSSR count). The number of hydrogen-bond acceptors (Lipinski definition) is 0. The first kappa shape index (κ1) is 13.6. The quantitative estimate of drug-likeness (QED) is 0.376. The van der Waals surface area contributed by atoms with Crippen LogP contribution in [0, 0.1) is 0 Å². The molecule has 0 unspecified atom stereocenters. The minimum Gasteiger partial charge on any atom is -0.0874 e. The minimum atomic E-state index is 1.30. The van der Waals surface area contributed by atoms with Crippen LogP contribution in [0.1, 0.15) is 26.3 Å². The van der Waals surface area contributed by atoms with Crippen molar-refractivity contribution in [1.29, 1.82) is 0 Å². The maximum atomic E-state index is 2.32. The lowest BCUT2D eigenvalue weighted by atomic mass is 9.92. The molecule has 0 fully saturated rings. The van der Waals surface area contributed by atoms with E-state index in [9.17, 15) is 0 Å². The molecule has 3 aromatic carbocycles. The lowest BCUT2D eigenvalue weighted by Crippen LogP contribution is -1.88. The van der Waals surface area contributed by atoms with Gasteiger partial charge in [-0.15, -0.1) is 0 Å². The van der Waals surface area contributed by atoms with Crippen molar-refractivity contribution in [3.63, 3.8) is 0 Å². The van der Waals surface area contributed by atoms with E-state index in [-0.39, 0.29) is 0 Å². The van der Waals surface area contributed by atoms with Gasteiger partial charge in [0.15, 0.2) is 0 Å². The van der Waals surface area contributed by atoms with Gasteiger partial charge >= 0.3 is 0 Å². The Bertz CT molecular complexity index is 863. The average Bonchev–Trinajstić information content (AvgIpc) is 2.53. The highest BCUT2D eigenvalue weighted by Crippen LogP contribution is 2.33. The van der Waals surface area contributed by atoms with E-state index < -0.39 is 0 Å². The summed E-state index contributed by atoms with van der Waals surface area (Å²) >= 11 is 0. The molecule has 0 radical (unpaired) electrons. The van der Waals surface area contributed by atoms with E-state index in [2.05, 4.69) is 87.5 Å². The first-order valence-corrected chi connectivity index (χ1v) is 7.43. The lowest BCUT2D eigenvalue weighted by molar-refractivity contribution is 1.46. The summed E-state index contributed by atoms with van der Waals surface area (Å²) in [7, 11) is 0. The van der Waals surface area contributed by atoms with Gasteiger partial charge < -0.3 is 0 Å². The van der Waals surface area contributed by atoms with Gasteiger partial charge in [0.2, 0.25) is 0 Å². The van der Waals surface area contributed by atoms with Gasteiger partial charge in [-0.3, -0.25) is 0 Å². The summed E-state index contributed by atoms with van der Waals surface area (Å²) in [6.45, 7) is 6.46. The molecule has 3 aromatic rings. The monoisotopic (exact) mass is 272 g/mol. The summed E-state index contributed by atoms with van der Waals surface area (Å²) in [5.74, 6) is 0. The molecular formula is C21H20. The van der Waals surface area contributed by atoms with Gasteiger partial charge in [-0.25, -0.2) is 0 Å². The molecule has 0 bridgehead atoms. The second kappa shape index (κ2) is 5.57. The van der Waals surface area contributed by atoms with Crippen molar-refractivity contribution in [3.05, 3.63) is 77.9 Å². The fraction of sp³-hybridized carbons (Fsp3) is 0.143. The van der Waals surface area contributed by atoms with Gasteiger partial charge in [0.1, 0.15) is 0 Å². The lowest BCUT2D eigenvalue weighted by Gasteiger charge is -2.12. The van der Waals surface area contributed by atoms with E-state index in [1.807, 2.05) is 0 Å². The summed E-state index contributed by atoms with van der Waals surface area (Å²) in [6.07, 6.45) is 4.28. The van der Waals surface area contributed by atoms with Crippen molar-refractivity contribution in [3.8, 4) is 0 Å². The van der Waals surface area contributed by atoms with E-state index in [1.165, 1.54) is 38.3 Å². The standard InChI is InChI=1S/C21H20/c1-4-9-15(2)16(3)21-14-17-10-5-6-11-18(17)19-12-7-8-13-20(19)21/h4-14H,1-3H3. The molecule has 0 atom stereocenters. The zero-order valence-electron chi connectivity index (χ0n) is 12.9. The molecular weight excluding hydrogens is 252 g/mol. The largest absolute Gasteiger partial charge is 0.0874 e. The summed E-state index contributed by atoms with van der Waals surface area (Å²) in [4.78, 5) is 0. The number of fused-ring (bicyclic) bond motifs is 3.